The molecule has 6 heteroatoms. The normalized spacial score (nSPS) is 11.1. The molecular weight excluding hydrogens is 272 g/mol. The Labute approximate surface area is 123 Å². The van der Waals surface area contributed by atoms with Crippen molar-refractivity contribution >= 4 is 22.4 Å². The number of rotatable bonds is 4. The number of carbonyl (C=O) groups is 1. The Morgan fingerprint density at radius 2 is 2.15 bits per heavy atom. The van der Waals surface area contributed by atoms with Gasteiger partial charge in [0.1, 0.15) is 0 Å². The standard InChI is InChI=1S/C14H20N4OS/c1-8(2)12-7-20-14(15-12)16-13(19)6-11-9(3)17-18(5)10(11)4/h7-8H,6H2,1-5H3,(H,15,16,19). The fraction of sp³-hybridized carbons (Fsp3) is 0.500. The van der Waals surface area contributed by atoms with E-state index in [0.717, 1.165) is 22.6 Å². The maximum Gasteiger partial charge on any atom is 0.230 e. The van der Waals surface area contributed by atoms with Gasteiger partial charge in [-0.25, -0.2) is 4.98 Å². The predicted octanol–water partition coefficient (Wildman–Crippen LogP) is 2.80. The van der Waals surface area contributed by atoms with Gasteiger partial charge in [0.05, 0.1) is 17.8 Å². The molecule has 0 bridgehead atoms. The smallest absolute Gasteiger partial charge is 0.230 e. The lowest BCUT2D eigenvalue weighted by Gasteiger charge is -2.03. The molecule has 0 spiro atoms. The van der Waals surface area contributed by atoms with E-state index < -0.39 is 0 Å². The first kappa shape index (κ1) is 14.7. The Bertz CT molecular complexity index is 627. The van der Waals surface area contributed by atoms with Gasteiger partial charge in [-0.15, -0.1) is 11.3 Å². The van der Waals surface area contributed by atoms with E-state index in [1.54, 1.807) is 4.68 Å². The first-order chi connectivity index (χ1) is 9.38. The molecule has 2 aromatic heterocycles. The summed E-state index contributed by atoms with van der Waals surface area (Å²) in [4.78, 5) is 16.5. The largest absolute Gasteiger partial charge is 0.302 e. The van der Waals surface area contributed by atoms with Gasteiger partial charge in [-0.05, 0) is 19.8 Å². The van der Waals surface area contributed by atoms with Crippen LogP contribution in [0.1, 0.15) is 42.4 Å². The highest BCUT2D eigenvalue weighted by atomic mass is 32.1. The van der Waals surface area contributed by atoms with Crippen LogP contribution >= 0.6 is 11.3 Å². The van der Waals surface area contributed by atoms with E-state index in [2.05, 4.69) is 29.2 Å². The van der Waals surface area contributed by atoms with Crippen LogP contribution in [0.15, 0.2) is 5.38 Å². The molecule has 0 fully saturated rings. The molecule has 1 amide bonds. The predicted molar refractivity (Wildman–Crippen MR) is 81.2 cm³/mol. The maximum atomic E-state index is 12.1. The first-order valence-electron chi connectivity index (χ1n) is 6.62. The van der Waals surface area contributed by atoms with E-state index in [4.69, 9.17) is 0 Å². The zero-order valence-electron chi connectivity index (χ0n) is 12.5. The number of aryl methyl sites for hydroxylation is 2. The van der Waals surface area contributed by atoms with Gasteiger partial charge in [-0.2, -0.15) is 5.10 Å². The number of nitrogens with one attached hydrogen (secondary N) is 1. The molecule has 0 atom stereocenters. The van der Waals surface area contributed by atoms with Gasteiger partial charge in [0.25, 0.3) is 0 Å². The lowest BCUT2D eigenvalue weighted by molar-refractivity contribution is -0.115. The monoisotopic (exact) mass is 292 g/mol. The zero-order chi connectivity index (χ0) is 14.9. The molecule has 5 nitrogen and oxygen atoms in total. The number of anilines is 1. The average Bonchev–Trinajstić information content (AvgIpc) is 2.91. The summed E-state index contributed by atoms with van der Waals surface area (Å²) in [5.41, 5.74) is 3.94. The van der Waals surface area contributed by atoms with E-state index >= 15 is 0 Å². The third kappa shape index (κ3) is 3.07. The fourth-order valence-corrected chi connectivity index (χ4v) is 2.89. The number of nitrogens with zero attached hydrogens (tertiary/aromatic N) is 3. The van der Waals surface area contributed by atoms with Crippen molar-refractivity contribution in [1.29, 1.82) is 0 Å². The van der Waals surface area contributed by atoms with E-state index in [0.29, 0.717) is 17.5 Å². The second-order valence-corrected chi connectivity index (χ2v) is 6.09. The SMILES string of the molecule is Cc1nn(C)c(C)c1CC(=O)Nc1nc(C(C)C)cs1. The number of thiazole rings is 1. The van der Waals surface area contributed by atoms with Gasteiger partial charge in [-0.1, -0.05) is 13.8 Å². The second-order valence-electron chi connectivity index (χ2n) is 5.23. The number of amides is 1. The molecule has 0 aliphatic rings. The van der Waals surface area contributed by atoms with Crippen LogP contribution in [-0.4, -0.2) is 20.7 Å². The van der Waals surface area contributed by atoms with Crippen LogP contribution in [0.3, 0.4) is 0 Å². The van der Waals surface area contributed by atoms with E-state index in [9.17, 15) is 4.79 Å². The van der Waals surface area contributed by atoms with Crippen molar-refractivity contribution in [2.75, 3.05) is 5.32 Å². The highest BCUT2D eigenvalue weighted by Crippen LogP contribution is 2.22. The molecule has 20 heavy (non-hydrogen) atoms. The molecule has 0 aliphatic carbocycles. The summed E-state index contributed by atoms with van der Waals surface area (Å²) in [5, 5.41) is 9.83. The Morgan fingerprint density at radius 3 is 2.65 bits per heavy atom. The second kappa shape index (κ2) is 5.75. The number of carbonyl (C=O) groups excluding carboxylic acids is 1. The third-order valence-corrected chi connectivity index (χ3v) is 4.13. The van der Waals surface area contributed by atoms with E-state index in [1.807, 2.05) is 26.3 Å². The van der Waals surface area contributed by atoms with Crippen molar-refractivity contribution in [3.8, 4) is 0 Å². The topological polar surface area (TPSA) is 59.8 Å². The minimum Gasteiger partial charge on any atom is -0.302 e. The lowest BCUT2D eigenvalue weighted by atomic mass is 10.1. The Balaban J connectivity index is 2.05. The van der Waals surface area contributed by atoms with Crippen LogP contribution in [0.4, 0.5) is 5.13 Å². The van der Waals surface area contributed by atoms with E-state index in [1.165, 1.54) is 11.3 Å². The Kier molecular flexibility index (Phi) is 4.23. The Morgan fingerprint density at radius 1 is 1.45 bits per heavy atom. The van der Waals surface area contributed by atoms with Crippen molar-refractivity contribution in [3.05, 3.63) is 28.0 Å². The van der Waals surface area contributed by atoms with Crippen molar-refractivity contribution in [3.63, 3.8) is 0 Å². The van der Waals surface area contributed by atoms with Crippen LogP contribution < -0.4 is 5.32 Å². The van der Waals surface area contributed by atoms with Crippen molar-refractivity contribution in [1.82, 2.24) is 14.8 Å². The molecule has 0 aliphatic heterocycles. The summed E-state index contributed by atoms with van der Waals surface area (Å²) < 4.78 is 1.80. The van der Waals surface area contributed by atoms with Crippen molar-refractivity contribution < 1.29 is 4.79 Å². The zero-order valence-corrected chi connectivity index (χ0v) is 13.3. The summed E-state index contributed by atoms with van der Waals surface area (Å²) in [6.07, 6.45) is 0.335. The van der Waals surface area contributed by atoms with Crippen LogP contribution in [0.5, 0.6) is 0 Å². The summed E-state index contributed by atoms with van der Waals surface area (Å²) in [6, 6.07) is 0. The molecule has 2 aromatic rings. The molecule has 0 radical (unpaired) electrons. The highest BCUT2D eigenvalue weighted by molar-refractivity contribution is 7.13. The van der Waals surface area contributed by atoms with Crippen LogP contribution in [-0.2, 0) is 18.3 Å². The molecule has 0 aromatic carbocycles. The minimum atomic E-state index is -0.0474. The molecule has 0 saturated carbocycles. The lowest BCUT2D eigenvalue weighted by Crippen LogP contribution is -2.15. The molecule has 0 unspecified atom stereocenters. The van der Waals surface area contributed by atoms with Crippen molar-refractivity contribution in [2.45, 2.75) is 40.0 Å². The molecule has 108 valence electrons. The number of aromatic nitrogens is 3. The minimum absolute atomic E-state index is 0.0474. The van der Waals surface area contributed by atoms with Crippen molar-refractivity contribution in [2.24, 2.45) is 7.05 Å². The van der Waals surface area contributed by atoms with Gasteiger partial charge >= 0.3 is 0 Å². The van der Waals surface area contributed by atoms with Gasteiger partial charge in [0.2, 0.25) is 5.91 Å². The summed E-state index contributed by atoms with van der Waals surface area (Å²) in [7, 11) is 1.89. The average molecular weight is 292 g/mol. The van der Waals surface area contributed by atoms with E-state index in [-0.39, 0.29) is 5.91 Å². The molecule has 2 rings (SSSR count). The first-order valence-corrected chi connectivity index (χ1v) is 7.50. The van der Waals surface area contributed by atoms with Crippen LogP contribution in [0.25, 0.3) is 0 Å². The summed E-state index contributed by atoms with van der Waals surface area (Å²) in [6.45, 7) is 8.07. The van der Waals surface area contributed by atoms with Gasteiger partial charge in [0, 0.05) is 23.7 Å². The van der Waals surface area contributed by atoms with Gasteiger partial charge in [0.15, 0.2) is 5.13 Å². The molecule has 2 heterocycles. The highest BCUT2D eigenvalue weighted by Gasteiger charge is 2.15. The third-order valence-electron chi connectivity index (χ3n) is 3.36. The molecular formula is C14H20N4OS. The van der Waals surface area contributed by atoms with Gasteiger partial charge in [-0.3, -0.25) is 9.48 Å². The number of hydrogen-bond acceptors (Lipinski definition) is 4. The van der Waals surface area contributed by atoms with Crippen LogP contribution in [0.2, 0.25) is 0 Å². The number of hydrogen-bond donors (Lipinski definition) is 1. The fourth-order valence-electron chi connectivity index (χ4n) is 2.01. The molecule has 1 N–H and O–H groups in total. The quantitative estimate of drug-likeness (QED) is 0.942. The summed E-state index contributed by atoms with van der Waals surface area (Å²) in [5.74, 6) is 0.327. The van der Waals surface area contributed by atoms with Crippen LogP contribution in [0, 0.1) is 13.8 Å². The Hall–Kier alpha value is -1.69. The molecule has 0 saturated heterocycles. The maximum absolute atomic E-state index is 12.1. The van der Waals surface area contributed by atoms with Gasteiger partial charge < -0.3 is 5.32 Å². The summed E-state index contributed by atoms with van der Waals surface area (Å²) >= 11 is 1.47.